The maximum atomic E-state index is 15.0. The van der Waals surface area contributed by atoms with Crippen molar-refractivity contribution in [2.45, 2.75) is 24.7 Å². The molecule has 0 amide bonds. The van der Waals surface area contributed by atoms with Gasteiger partial charge in [-0.05, 0) is 54.7 Å². The van der Waals surface area contributed by atoms with Gasteiger partial charge in [0.05, 0.1) is 11.6 Å². The number of carbonyl (C=O) groups is 1. The maximum absolute atomic E-state index is 15.0. The summed E-state index contributed by atoms with van der Waals surface area (Å²) in [6, 6.07) is 19.9. The number of aliphatic carboxylic acids is 1. The molecule has 172 valence electrons. The summed E-state index contributed by atoms with van der Waals surface area (Å²) in [5, 5.41) is 9.63. The second-order valence-corrected chi connectivity index (χ2v) is 10.3. The maximum Gasteiger partial charge on any atom is 0.309 e. The van der Waals surface area contributed by atoms with Gasteiger partial charge in [0.2, 0.25) is 0 Å². The first-order valence-electron chi connectivity index (χ1n) is 11.6. The summed E-state index contributed by atoms with van der Waals surface area (Å²) >= 11 is 1.43. The molecule has 2 fully saturated rings. The Morgan fingerprint density at radius 3 is 2.59 bits per heavy atom. The summed E-state index contributed by atoms with van der Waals surface area (Å²) in [5.74, 6) is -1.29. The Morgan fingerprint density at radius 2 is 1.88 bits per heavy atom. The molecule has 0 bridgehead atoms. The summed E-state index contributed by atoms with van der Waals surface area (Å²) in [6.45, 7) is 1.88. The zero-order chi connectivity index (χ0) is 23.3. The predicted octanol–water partition coefficient (Wildman–Crippen LogP) is 5.14. The highest BCUT2D eigenvalue weighted by Gasteiger charge is 2.47. The van der Waals surface area contributed by atoms with Crippen molar-refractivity contribution >= 4 is 27.7 Å². The molecule has 0 radical (unpaired) electrons. The molecule has 0 unspecified atom stereocenters. The third-order valence-electron chi connectivity index (χ3n) is 7.11. The molecule has 0 spiro atoms. The van der Waals surface area contributed by atoms with Crippen LogP contribution in [0.15, 0.2) is 60.7 Å². The molecule has 1 aliphatic carbocycles. The van der Waals surface area contributed by atoms with Gasteiger partial charge < -0.3 is 10.0 Å². The number of hydrogen-bond donors (Lipinski definition) is 1. The Kier molecular flexibility index (Phi) is 5.19. The standard InChI is InChI=1S/C27H24FN3O2S/c28-21-14-17(10-13-31-15-18(16-31)26(32)33)6-7-20(21)24-29-22-8-9-23(30-25(22)34-24)27(11-12-27)19-4-2-1-3-5-19/h1-9,14,18H,10-13,15-16H2,(H,32,33). The first kappa shape index (κ1) is 21.4. The van der Waals surface area contributed by atoms with Gasteiger partial charge in [0.1, 0.15) is 21.2 Å². The number of carboxylic acid groups (broad SMARTS) is 1. The normalized spacial score (nSPS) is 17.6. The molecule has 2 aromatic carbocycles. The number of thiazole rings is 1. The van der Waals surface area contributed by atoms with E-state index in [-0.39, 0.29) is 17.2 Å². The van der Waals surface area contributed by atoms with Crippen LogP contribution in [0.2, 0.25) is 0 Å². The van der Waals surface area contributed by atoms with Crippen LogP contribution in [-0.4, -0.2) is 45.6 Å². The van der Waals surface area contributed by atoms with Gasteiger partial charge in [-0.25, -0.2) is 14.4 Å². The highest BCUT2D eigenvalue weighted by molar-refractivity contribution is 7.21. The number of likely N-dealkylation sites (tertiary alicyclic amines) is 1. The first-order valence-corrected chi connectivity index (χ1v) is 12.4. The van der Waals surface area contributed by atoms with E-state index in [1.165, 1.54) is 16.9 Å². The highest BCUT2D eigenvalue weighted by atomic mass is 32.1. The van der Waals surface area contributed by atoms with Gasteiger partial charge in [0, 0.05) is 30.6 Å². The number of rotatable bonds is 7. The van der Waals surface area contributed by atoms with Crippen molar-refractivity contribution in [3.05, 3.63) is 83.3 Å². The van der Waals surface area contributed by atoms with Crippen LogP contribution in [0.4, 0.5) is 4.39 Å². The number of pyridine rings is 1. The quantitative estimate of drug-likeness (QED) is 0.403. The first-order chi connectivity index (χ1) is 16.5. The number of benzene rings is 2. The lowest BCUT2D eigenvalue weighted by Gasteiger charge is -2.36. The van der Waals surface area contributed by atoms with Crippen LogP contribution >= 0.6 is 11.3 Å². The lowest BCUT2D eigenvalue weighted by molar-refractivity contribution is -0.147. The zero-order valence-electron chi connectivity index (χ0n) is 18.6. The average Bonchev–Trinajstić information content (AvgIpc) is 3.51. The topological polar surface area (TPSA) is 66.3 Å². The fourth-order valence-corrected chi connectivity index (χ4v) is 5.82. The van der Waals surface area contributed by atoms with Crippen molar-refractivity contribution in [1.82, 2.24) is 14.9 Å². The van der Waals surface area contributed by atoms with Crippen LogP contribution in [-0.2, 0) is 16.6 Å². The van der Waals surface area contributed by atoms with Crippen molar-refractivity contribution in [3.63, 3.8) is 0 Å². The van der Waals surface area contributed by atoms with Crippen molar-refractivity contribution in [3.8, 4) is 10.6 Å². The second kappa shape index (κ2) is 8.25. The van der Waals surface area contributed by atoms with Crippen molar-refractivity contribution in [2.75, 3.05) is 19.6 Å². The Balaban J connectivity index is 1.20. The summed E-state index contributed by atoms with van der Waals surface area (Å²) in [6.07, 6.45) is 2.87. The summed E-state index contributed by atoms with van der Waals surface area (Å²) in [4.78, 5) is 23.5. The molecule has 3 heterocycles. The molecular weight excluding hydrogens is 449 g/mol. The minimum atomic E-state index is -0.739. The van der Waals surface area contributed by atoms with E-state index in [0.717, 1.165) is 41.0 Å². The Bertz CT molecular complexity index is 1380. The van der Waals surface area contributed by atoms with Gasteiger partial charge in [-0.2, -0.15) is 0 Å². The monoisotopic (exact) mass is 473 g/mol. The van der Waals surface area contributed by atoms with Gasteiger partial charge in [-0.15, -0.1) is 0 Å². The number of aromatic nitrogens is 2. The van der Waals surface area contributed by atoms with E-state index in [2.05, 4.69) is 40.2 Å². The molecule has 7 heteroatoms. The van der Waals surface area contributed by atoms with Crippen molar-refractivity contribution in [1.29, 1.82) is 0 Å². The molecule has 4 aromatic rings. The van der Waals surface area contributed by atoms with Crippen molar-refractivity contribution < 1.29 is 14.3 Å². The predicted molar refractivity (Wildman–Crippen MR) is 131 cm³/mol. The molecule has 1 saturated carbocycles. The van der Waals surface area contributed by atoms with Crippen LogP contribution in [0, 0.1) is 11.7 Å². The molecule has 1 saturated heterocycles. The Labute approximate surface area is 200 Å². The molecule has 34 heavy (non-hydrogen) atoms. The molecule has 1 aliphatic heterocycles. The third kappa shape index (κ3) is 3.79. The SMILES string of the molecule is O=C(O)C1CN(CCc2ccc(-c3nc4ccc(C5(c6ccccc6)CC5)nc4s3)c(F)c2)C1. The van der Waals surface area contributed by atoms with Gasteiger partial charge in [0.15, 0.2) is 0 Å². The smallest absolute Gasteiger partial charge is 0.309 e. The van der Waals surface area contributed by atoms with E-state index < -0.39 is 5.97 Å². The minimum Gasteiger partial charge on any atom is -0.481 e. The molecule has 0 atom stereocenters. The fourth-order valence-electron chi connectivity index (χ4n) is 4.86. The van der Waals surface area contributed by atoms with E-state index in [0.29, 0.717) is 30.1 Å². The zero-order valence-corrected chi connectivity index (χ0v) is 19.4. The summed E-state index contributed by atoms with van der Waals surface area (Å²) in [7, 11) is 0. The average molecular weight is 474 g/mol. The fraction of sp³-hybridized carbons (Fsp3) is 0.296. The van der Waals surface area contributed by atoms with E-state index in [4.69, 9.17) is 10.1 Å². The molecule has 2 aliphatic rings. The number of halogens is 1. The van der Waals surface area contributed by atoms with Crippen LogP contribution in [0.5, 0.6) is 0 Å². The van der Waals surface area contributed by atoms with E-state index in [1.54, 1.807) is 12.1 Å². The number of nitrogens with zero attached hydrogens (tertiary/aromatic N) is 3. The molecule has 6 rings (SSSR count). The molecule has 5 nitrogen and oxygen atoms in total. The van der Waals surface area contributed by atoms with E-state index in [9.17, 15) is 4.79 Å². The Morgan fingerprint density at radius 1 is 1.09 bits per heavy atom. The molecular formula is C27H24FN3O2S. The number of fused-ring (bicyclic) bond motifs is 1. The van der Waals surface area contributed by atoms with Crippen LogP contribution in [0.25, 0.3) is 20.9 Å². The lowest BCUT2D eigenvalue weighted by Crippen LogP contribution is -2.50. The van der Waals surface area contributed by atoms with Crippen LogP contribution < -0.4 is 0 Å². The van der Waals surface area contributed by atoms with Gasteiger partial charge in [-0.3, -0.25) is 4.79 Å². The van der Waals surface area contributed by atoms with E-state index in [1.807, 2.05) is 18.2 Å². The number of carboxylic acids is 1. The lowest BCUT2D eigenvalue weighted by atomic mass is 9.92. The molecule has 2 aromatic heterocycles. The van der Waals surface area contributed by atoms with Gasteiger partial charge >= 0.3 is 5.97 Å². The van der Waals surface area contributed by atoms with Crippen molar-refractivity contribution in [2.24, 2.45) is 5.92 Å². The summed E-state index contributed by atoms with van der Waals surface area (Å²) < 4.78 is 15.0. The van der Waals surface area contributed by atoms with Crippen LogP contribution in [0.3, 0.4) is 0 Å². The third-order valence-corrected chi connectivity index (χ3v) is 8.11. The number of hydrogen-bond acceptors (Lipinski definition) is 5. The minimum absolute atomic E-state index is 0.00650. The highest BCUT2D eigenvalue weighted by Crippen LogP contribution is 2.53. The summed E-state index contributed by atoms with van der Waals surface area (Å²) in [5.41, 5.74) is 4.54. The van der Waals surface area contributed by atoms with Crippen LogP contribution in [0.1, 0.15) is 29.7 Å². The van der Waals surface area contributed by atoms with Gasteiger partial charge in [0.25, 0.3) is 0 Å². The van der Waals surface area contributed by atoms with E-state index >= 15 is 4.39 Å². The molecule has 1 N–H and O–H groups in total. The Hall–Kier alpha value is -3.16. The second-order valence-electron chi connectivity index (χ2n) is 9.35. The largest absolute Gasteiger partial charge is 0.481 e. The van der Waals surface area contributed by atoms with Gasteiger partial charge in [-0.1, -0.05) is 47.7 Å².